The summed E-state index contributed by atoms with van der Waals surface area (Å²) >= 11 is 6.00. The van der Waals surface area contributed by atoms with Crippen LogP contribution in [-0.2, 0) is 4.79 Å². The van der Waals surface area contributed by atoms with E-state index in [1.165, 1.54) is 19.3 Å². The van der Waals surface area contributed by atoms with Crippen molar-refractivity contribution < 1.29 is 14.6 Å². The monoisotopic (exact) mass is 368 g/mol. The van der Waals surface area contributed by atoms with E-state index in [2.05, 4.69) is 10.2 Å². The molecule has 1 atom stereocenters. The number of ether oxygens (including phenoxy) is 1. The molecular formula is C19H29ClN2O3. The number of aliphatic hydroxyl groups is 1. The summed E-state index contributed by atoms with van der Waals surface area (Å²) in [7, 11) is 1.56. The van der Waals surface area contributed by atoms with Crippen LogP contribution >= 0.6 is 11.6 Å². The van der Waals surface area contributed by atoms with Gasteiger partial charge >= 0.3 is 0 Å². The van der Waals surface area contributed by atoms with E-state index in [1.807, 2.05) is 0 Å². The van der Waals surface area contributed by atoms with Crippen molar-refractivity contribution in [2.75, 3.05) is 25.5 Å². The van der Waals surface area contributed by atoms with Crippen molar-refractivity contribution in [3.63, 3.8) is 0 Å². The topological polar surface area (TPSA) is 61.8 Å². The van der Waals surface area contributed by atoms with E-state index < -0.39 is 6.10 Å². The number of rotatable bonds is 8. The average Bonchev–Trinajstić information content (AvgIpc) is 2.59. The number of amides is 1. The van der Waals surface area contributed by atoms with E-state index in [0.717, 1.165) is 12.8 Å². The molecule has 1 amide bonds. The van der Waals surface area contributed by atoms with Gasteiger partial charge < -0.3 is 15.2 Å². The molecule has 0 heterocycles. The highest BCUT2D eigenvalue weighted by Gasteiger charge is 2.22. The van der Waals surface area contributed by atoms with Crippen LogP contribution in [0.25, 0.3) is 0 Å². The van der Waals surface area contributed by atoms with Gasteiger partial charge in [0.15, 0.2) is 0 Å². The second-order valence-electron chi connectivity index (χ2n) is 6.78. The summed E-state index contributed by atoms with van der Waals surface area (Å²) in [5, 5.41) is 13.2. The lowest BCUT2D eigenvalue weighted by atomic mass is 9.94. The van der Waals surface area contributed by atoms with Crippen LogP contribution in [0, 0.1) is 0 Å². The Morgan fingerprint density at radius 1 is 1.40 bits per heavy atom. The van der Waals surface area contributed by atoms with Crippen LogP contribution < -0.4 is 10.1 Å². The highest BCUT2D eigenvalue weighted by atomic mass is 35.5. The van der Waals surface area contributed by atoms with Crippen LogP contribution in [0.1, 0.15) is 45.4 Å². The maximum absolute atomic E-state index is 12.4. The Morgan fingerprint density at radius 3 is 2.76 bits per heavy atom. The maximum Gasteiger partial charge on any atom is 0.225 e. The lowest BCUT2D eigenvalue weighted by molar-refractivity contribution is -0.116. The number of anilines is 1. The molecule has 1 aliphatic rings. The zero-order valence-corrected chi connectivity index (χ0v) is 15.9. The fraction of sp³-hybridized carbons (Fsp3) is 0.632. The molecule has 5 nitrogen and oxygen atoms in total. The van der Waals surface area contributed by atoms with Crippen molar-refractivity contribution in [1.82, 2.24) is 4.90 Å². The Kier molecular flexibility index (Phi) is 8.00. The number of carbonyl (C=O) groups excluding carboxylic acids is 1. The van der Waals surface area contributed by atoms with Gasteiger partial charge in [-0.3, -0.25) is 9.69 Å². The first-order valence-electron chi connectivity index (χ1n) is 9.05. The average molecular weight is 369 g/mol. The van der Waals surface area contributed by atoms with Gasteiger partial charge in [-0.2, -0.15) is 0 Å². The number of nitrogens with one attached hydrogen (secondary N) is 1. The first kappa shape index (κ1) is 20.0. The molecule has 1 aromatic carbocycles. The van der Waals surface area contributed by atoms with Gasteiger partial charge in [0.1, 0.15) is 5.75 Å². The number of halogens is 1. The molecule has 0 saturated heterocycles. The van der Waals surface area contributed by atoms with Gasteiger partial charge in [0, 0.05) is 30.6 Å². The van der Waals surface area contributed by atoms with Crippen LogP contribution in [0.2, 0.25) is 5.02 Å². The lowest BCUT2D eigenvalue weighted by Crippen LogP contribution is -2.42. The number of carbonyl (C=O) groups is 1. The van der Waals surface area contributed by atoms with Crippen LogP contribution in [0.4, 0.5) is 5.69 Å². The predicted molar refractivity (Wildman–Crippen MR) is 101 cm³/mol. The minimum atomic E-state index is -0.391. The Balaban J connectivity index is 1.92. The number of aliphatic hydroxyl groups excluding tert-OH is 1. The molecule has 0 bridgehead atoms. The summed E-state index contributed by atoms with van der Waals surface area (Å²) < 4.78 is 5.26. The minimum Gasteiger partial charge on any atom is -0.495 e. The molecule has 140 valence electrons. The van der Waals surface area contributed by atoms with Crippen molar-refractivity contribution in [1.29, 1.82) is 0 Å². The number of methoxy groups -OCH3 is 1. The Labute approximate surface area is 155 Å². The molecule has 0 radical (unpaired) electrons. The molecule has 1 unspecified atom stereocenters. The predicted octanol–water partition coefficient (Wildman–Crippen LogP) is 3.69. The SMILES string of the molecule is COc1ccc(Cl)cc1NC(=O)CCN(CC(C)O)C1CCCCC1. The molecule has 6 heteroatoms. The summed E-state index contributed by atoms with van der Waals surface area (Å²) in [5.41, 5.74) is 0.583. The third kappa shape index (κ3) is 6.49. The third-order valence-corrected chi connectivity index (χ3v) is 4.89. The second-order valence-corrected chi connectivity index (χ2v) is 7.22. The maximum atomic E-state index is 12.4. The normalized spacial score (nSPS) is 16.7. The van der Waals surface area contributed by atoms with Gasteiger partial charge in [0.05, 0.1) is 18.9 Å². The van der Waals surface area contributed by atoms with Crippen molar-refractivity contribution in [2.24, 2.45) is 0 Å². The molecule has 25 heavy (non-hydrogen) atoms. The van der Waals surface area contributed by atoms with E-state index in [-0.39, 0.29) is 5.91 Å². The zero-order chi connectivity index (χ0) is 18.2. The van der Waals surface area contributed by atoms with Crippen molar-refractivity contribution in [2.45, 2.75) is 57.6 Å². The Morgan fingerprint density at radius 2 is 2.12 bits per heavy atom. The van der Waals surface area contributed by atoms with E-state index in [9.17, 15) is 9.90 Å². The van der Waals surface area contributed by atoms with Gasteiger partial charge in [0.25, 0.3) is 0 Å². The fourth-order valence-corrected chi connectivity index (χ4v) is 3.62. The van der Waals surface area contributed by atoms with Gasteiger partial charge in [-0.1, -0.05) is 30.9 Å². The molecule has 1 saturated carbocycles. The summed E-state index contributed by atoms with van der Waals surface area (Å²) in [4.78, 5) is 14.6. The van der Waals surface area contributed by atoms with Crippen LogP contribution in [0.5, 0.6) is 5.75 Å². The molecular weight excluding hydrogens is 340 g/mol. The molecule has 1 aromatic rings. The number of benzene rings is 1. The Hall–Kier alpha value is -1.30. The zero-order valence-electron chi connectivity index (χ0n) is 15.1. The number of hydrogen-bond donors (Lipinski definition) is 2. The summed E-state index contributed by atoms with van der Waals surface area (Å²) in [6.07, 6.45) is 6.03. The van der Waals surface area contributed by atoms with Gasteiger partial charge in [-0.25, -0.2) is 0 Å². The first-order chi connectivity index (χ1) is 12.0. The fourth-order valence-electron chi connectivity index (χ4n) is 3.44. The van der Waals surface area contributed by atoms with E-state index in [1.54, 1.807) is 32.2 Å². The highest BCUT2D eigenvalue weighted by Crippen LogP contribution is 2.28. The largest absolute Gasteiger partial charge is 0.495 e. The van der Waals surface area contributed by atoms with Gasteiger partial charge in [0.2, 0.25) is 5.91 Å². The van der Waals surface area contributed by atoms with Crippen molar-refractivity contribution >= 4 is 23.2 Å². The molecule has 2 rings (SSSR count). The van der Waals surface area contributed by atoms with Crippen LogP contribution in [0.15, 0.2) is 18.2 Å². The van der Waals surface area contributed by atoms with Crippen LogP contribution in [-0.4, -0.2) is 48.3 Å². The molecule has 1 aliphatic carbocycles. The molecule has 0 spiro atoms. The lowest BCUT2D eigenvalue weighted by Gasteiger charge is -2.35. The second kappa shape index (κ2) is 10.00. The molecule has 0 aromatic heterocycles. The van der Waals surface area contributed by atoms with Crippen molar-refractivity contribution in [3.05, 3.63) is 23.2 Å². The minimum absolute atomic E-state index is 0.0769. The van der Waals surface area contributed by atoms with Crippen LogP contribution in [0.3, 0.4) is 0 Å². The molecule has 2 N–H and O–H groups in total. The smallest absolute Gasteiger partial charge is 0.225 e. The number of hydrogen-bond acceptors (Lipinski definition) is 4. The standard InChI is InChI=1S/C19H29ClN2O3/c1-14(23)13-22(16-6-4-3-5-7-16)11-10-19(24)21-17-12-15(20)8-9-18(17)25-2/h8-9,12,14,16,23H,3-7,10-11,13H2,1-2H3,(H,21,24). The molecule has 1 fully saturated rings. The summed E-state index contributed by atoms with van der Waals surface area (Å²) in [5.74, 6) is 0.512. The van der Waals surface area contributed by atoms with Crippen molar-refractivity contribution in [3.8, 4) is 5.75 Å². The highest BCUT2D eigenvalue weighted by molar-refractivity contribution is 6.31. The number of nitrogens with zero attached hydrogens (tertiary/aromatic N) is 1. The van der Waals surface area contributed by atoms with E-state index in [0.29, 0.717) is 42.0 Å². The summed E-state index contributed by atoms with van der Waals surface area (Å²) in [6, 6.07) is 5.62. The van der Waals surface area contributed by atoms with Gasteiger partial charge in [-0.15, -0.1) is 0 Å². The van der Waals surface area contributed by atoms with E-state index in [4.69, 9.17) is 16.3 Å². The third-order valence-electron chi connectivity index (χ3n) is 4.65. The van der Waals surface area contributed by atoms with Gasteiger partial charge in [-0.05, 0) is 38.0 Å². The van der Waals surface area contributed by atoms with E-state index >= 15 is 0 Å². The quantitative estimate of drug-likeness (QED) is 0.734. The summed E-state index contributed by atoms with van der Waals surface area (Å²) in [6.45, 7) is 3.05. The first-order valence-corrected chi connectivity index (χ1v) is 9.43. The Bertz CT molecular complexity index is 560. The molecule has 0 aliphatic heterocycles.